The van der Waals surface area contributed by atoms with Crippen LogP contribution in [0.15, 0.2) is 18.2 Å². The van der Waals surface area contributed by atoms with Crippen molar-refractivity contribution < 1.29 is 0 Å². The van der Waals surface area contributed by atoms with E-state index >= 15 is 0 Å². The van der Waals surface area contributed by atoms with E-state index in [1.165, 1.54) is 0 Å². The number of rotatable bonds is 3. The zero-order chi connectivity index (χ0) is 13.7. The van der Waals surface area contributed by atoms with Gasteiger partial charge >= 0.3 is 0 Å². The van der Waals surface area contributed by atoms with Gasteiger partial charge in [-0.25, -0.2) is 0 Å². The van der Waals surface area contributed by atoms with Gasteiger partial charge in [0.25, 0.3) is 0 Å². The summed E-state index contributed by atoms with van der Waals surface area (Å²) in [6.07, 6.45) is 1.15. The van der Waals surface area contributed by atoms with Gasteiger partial charge in [0.15, 0.2) is 0 Å². The van der Waals surface area contributed by atoms with Crippen molar-refractivity contribution in [1.82, 2.24) is 10.2 Å². The number of hydrogen-bond donors (Lipinski definition) is 1. The maximum absolute atomic E-state index is 9.36. The number of nitriles is 1. The molecule has 0 bridgehead atoms. The summed E-state index contributed by atoms with van der Waals surface area (Å²) in [6, 6.07) is 8.55. The predicted molar refractivity (Wildman–Crippen MR) is 78.2 cm³/mol. The first kappa shape index (κ1) is 13.9. The summed E-state index contributed by atoms with van der Waals surface area (Å²) in [5.41, 5.74) is 3.03. The fraction of sp³-hybridized carbons (Fsp3) is 0.533. The molecule has 1 aliphatic heterocycles. The van der Waals surface area contributed by atoms with Crippen LogP contribution < -0.4 is 10.2 Å². The van der Waals surface area contributed by atoms with Gasteiger partial charge in [-0.2, -0.15) is 5.26 Å². The highest BCUT2D eigenvalue weighted by Gasteiger charge is 2.15. The third kappa shape index (κ3) is 3.46. The quantitative estimate of drug-likeness (QED) is 0.890. The zero-order valence-corrected chi connectivity index (χ0v) is 11.8. The number of likely N-dealkylation sites (N-methyl/N-ethyl adjacent to an activating group) is 1. The lowest BCUT2D eigenvalue weighted by atomic mass is 10.1. The molecule has 0 radical (unpaired) electrons. The molecule has 4 nitrogen and oxygen atoms in total. The van der Waals surface area contributed by atoms with E-state index in [9.17, 15) is 5.26 Å². The lowest BCUT2D eigenvalue weighted by Gasteiger charge is -2.24. The molecule has 1 heterocycles. The van der Waals surface area contributed by atoms with E-state index in [1.807, 2.05) is 13.1 Å². The second-order valence-electron chi connectivity index (χ2n) is 5.14. The second kappa shape index (κ2) is 6.55. The van der Waals surface area contributed by atoms with Gasteiger partial charge in [0.1, 0.15) is 6.07 Å². The van der Waals surface area contributed by atoms with Crippen molar-refractivity contribution in [2.75, 3.05) is 45.2 Å². The zero-order valence-electron chi connectivity index (χ0n) is 11.8. The van der Waals surface area contributed by atoms with Gasteiger partial charge in [0.2, 0.25) is 0 Å². The normalized spacial score (nSPS) is 17.0. The fourth-order valence-electron chi connectivity index (χ4n) is 2.55. The number of nitrogens with zero attached hydrogens (tertiary/aromatic N) is 3. The van der Waals surface area contributed by atoms with Crippen LogP contribution in [0.2, 0.25) is 0 Å². The van der Waals surface area contributed by atoms with Crippen LogP contribution in [0.25, 0.3) is 0 Å². The van der Waals surface area contributed by atoms with Crippen molar-refractivity contribution in [3.05, 3.63) is 29.3 Å². The molecule has 4 heteroatoms. The Labute approximate surface area is 115 Å². The Balaban J connectivity index is 2.21. The third-order valence-electron chi connectivity index (χ3n) is 3.62. The molecule has 0 atom stereocenters. The molecule has 1 fully saturated rings. The van der Waals surface area contributed by atoms with Crippen molar-refractivity contribution in [3.63, 3.8) is 0 Å². The van der Waals surface area contributed by atoms with Gasteiger partial charge in [-0.3, -0.25) is 0 Å². The summed E-state index contributed by atoms with van der Waals surface area (Å²) < 4.78 is 0. The minimum absolute atomic E-state index is 0.789. The SMILES string of the molecule is CNCc1ccc(N2CCCN(C)CC2)c(C#N)c1. The smallest absolute Gasteiger partial charge is 0.101 e. The molecule has 1 aromatic carbocycles. The average molecular weight is 258 g/mol. The first-order valence-electron chi connectivity index (χ1n) is 6.85. The molecule has 1 aliphatic rings. The summed E-state index contributed by atoms with van der Waals surface area (Å²) >= 11 is 0. The minimum atomic E-state index is 0.789. The largest absolute Gasteiger partial charge is 0.369 e. The van der Waals surface area contributed by atoms with Gasteiger partial charge in [0.05, 0.1) is 11.3 Å². The van der Waals surface area contributed by atoms with Crippen LogP contribution in [0.3, 0.4) is 0 Å². The Morgan fingerprint density at radius 1 is 1.26 bits per heavy atom. The maximum Gasteiger partial charge on any atom is 0.101 e. The molecule has 0 aromatic heterocycles. The van der Waals surface area contributed by atoms with Crippen molar-refractivity contribution in [3.8, 4) is 6.07 Å². The highest BCUT2D eigenvalue weighted by atomic mass is 15.2. The molecule has 1 N–H and O–H groups in total. The molecule has 1 aromatic rings. The molecule has 0 amide bonds. The summed E-state index contributed by atoms with van der Waals surface area (Å²) in [5.74, 6) is 0. The third-order valence-corrected chi connectivity index (χ3v) is 3.62. The van der Waals surface area contributed by atoms with Crippen molar-refractivity contribution >= 4 is 5.69 Å². The molecule has 0 spiro atoms. The summed E-state index contributed by atoms with van der Waals surface area (Å²) in [7, 11) is 4.08. The summed E-state index contributed by atoms with van der Waals surface area (Å²) in [6.45, 7) is 5.03. The highest BCUT2D eigenvalue weighted by Crippen LogP contribution is 2.22. The van der Waals surface area contributed by atoms with Crippen LogP contribution in [0.5, 0.6) is 0 Å². The Hall–Kier alpha value is -1.57. The Kier molecular flexibility index (Phi) is 4.78. The first-order chi connectivity index (χ1) is 9.24. The Morgan fingerprint density at radius 2 is 2.11 bits per heavy atom. The lowest BCUT2D eigenvalue weighted by molar-refractivity contribution is 0.360. The standard InChI is InChI=1S/C15H22N4/c1-17-12-13-4-5-15(14(10-13)11-16)19-7-3-6-18(2)8-9-19/h4-5,10,17H,3,6-9,12H2,1-2H3. The molecule has 19 heavy (non-hydrogen) atoms. The van der Waals surface area contributed by atoms with E-state index in [2.05, 4.69) is 40.4 Å². The van der Waals surface area contributed by atoms with E-state index in [1.54, 1.807) is 0 Å². The maximum atomic E-state index is 9.36. The number of hydrogen-bond acceptors (Lipinski definition) is 4. The Bertz CT molecular complexity index is 464. The van der Waals surface area contributed by atoms with E-state index in [0.717, 1.165) is 56.0 Å². The van der Waals surface area contributed by atoms with Gasteiger partial charge in [-0.05, 0) is 44.8 Å². The van der Waals surface area contributed by atoms with Gasteiger partial charge < -0.3 is 15.1 Å². The fourth-order valence-corrected chi connectivity index (χ4v) is 2.55. The number of nitrogens with one attached hydrogen (secondary N) is 1. The topological polar surface area (TPSA) is 42.3 Å². The van der Waals surface area contributed by atoms with Crippen molar-refractivity contribution in [1.29, 1.82) is 5.26 Å². The predicted octanol–water partition coefficient (Wildman–Crippen LogP) is 1.42. The van der Waals surface area contributed by atoms with Gasteiger partial charge in [0, 0.05) is 26.2 Å². The van der Waals surface area contributed by atoms with Crippen LogP contribution in [0.4, 0.5) is 5.69 Å². The minimum Gasteiger partial charge on any atom is -0.369 e. The van der Waals surface area contributed by atoms with Crippen LogP contribution in [0, 0.1) is 11.3 Å². The van der Waals surface area contributed by atoms with Crippen LogP contribution in [-0.2, 0) is 6.54 Å². The van der Waals surface area contributed by atoms with Crippen LogP contribution in [0.1, 0.15) is 17.5 Å². The average Bonchev–Trinajstić information content (AvgIpc) is 2.64. The molecule has 0 saturated carbocycles. The highest BCUT2D eigenvalue weighted by molar-refractivity contribution is 5.60. The monoisotopic (exact) mass is 258 g/mol. The molecule has 102 valence electrons. The molecule has 0 aliphatic carbocycles. The van der Waals surface area contributed by atoms with Gasteiger partial charge in [-0.15, -0.1) is 0 Å². The van der Waals surface area contributed by atoms with Gasteiger partial charge in [-0.1, -0.05) is 6.07 Å². The molecule has 2 rings (SSSR count). The lowest BCUT2D eigenvalue weighted by Crippen LogP contribution is -2.29. The molecule has 1 saturated heterocycles. The molecular weight excluding hydrogens is 236 g/mol. The first-order valence-corrected chi connectivity index (χ1v) is 6.85. The van der Waals surface area contributed by atoms with E-state index in [4.69, 9.17) is 0 Å². The van der Waals surface area contributed by atoms with Crippen LogP contribution >= 0.6 is 0 Å². The summed E-state index contributed by atoms with van der Waals surface area (Å²) in [5, 5.41) is 12.5. The molecular formula is C15H22N4. The van der Waals surface area contributed by atoms with E-state index in [0.29, 0.717) is 0 Å². The van der Waals surface area contributed by atoms with Crippen LogP contribution in [-0.4, -0.2) is 45.2 Å². The van der Waals surface area contributed by atoms with Crippen molar-refractivity contribution in [2.24, 2.45) is 0 Å². The number of benzene rings is 1. The van der Waals surface area contributed by atoms with Crippen molar-refractivity contribution in [2.45, 2.75) is 13.0 Å². The van der Waals surface area contributed by atoms with E-state index < -0.39 is 0 Å². The van der Waals surface area contributed by atoms with E-state index in [-0.39, 0.29) is 0 Å². The Morgan fingerprint density at radius 3 is 2.84 bits per heavy atom. The number of anilines is 1. The second-order valence-corrected chi connectivity index (χ2v) is 5.14. The summed E-state index contributed by atoms with van der Waals surface area (Å²) in [4.78, 5) is 4.69. The molecule has 0 unspecified atom stereocenters.